The minimum Gasteiger partial charge on any atom is -0.359 e. The second-order valence-electron chi connectivity index (χ2n) is 4.31. The van der Waals surface area contributed by atoms with Crippen molar-refractivity contribution in [3.63, 3.8) is 0 Å². The Morgan fingerprint density at radius 1 is 0.789 bits per heavy atom. The van der Waals surface area contributed by atoms with Gasteiger partial charge in [0, 0.05) is 21.2 Å². The van der Waals surface area contributed by atoms with Gasteiger partial charge in [-0.25, -0.2) is 8.78 Å². The minimum absolute atomic E-state index is 0.268. The van der Waals surface area contributed by atoms with Crippen molar-refractivity contribution in [3.8, 4) is 0 Å². The first-order valence-electron chi connectivity index (χ1n) is 5.61. The molecule has 19 heavy (non-hydrogen) atoms. The van der Waals surface area contributed by atoms with Crippen LogP contribution in [0.2, 0.25) is 10.0 Å². The molecule has 0 radical (unpaired) electrons. The summed E-state index contributed by atoms with van der Waals surface area (Å²) in [7, 11) is 0. The Morgan fingerprint density at radius 2 is 1.21 bits per heavy atom. The molecule has 1 nitrogen and oxygen atoms in total. The molecule has 0 N–H and O–H groups in total. The van der Waals surface area contributed by atoms with Crippen molar-refractivity contribution >= 4 is 23.2 Å². The predicted octanol–water partition coefficient (Wildman–Crippen LogP) is 5.08. The van der Waals surface area contributed by atoms with Crippen molar-refractivity contribution < 1.29 is 13.5 Å². The van der Waals surface area contributed by atoms with Gasteiger partial charge < -0.3 is 4.74 Å². The van der Waals surface area contributed by atoms with Crippen molar-refractivity contribution in [1.29, 1.82) is 0 Å². The number of hydrogen-bond donors (Lipinski definition) is 0. The van der Waals surface area contributed by atoms with Gasteiger partial charge in [-0.3, -0.25) is 0 Å². The maximum Gasteiger partial charge on any atom is 0.124 e. The Morgan fingerprint density at radius 3 is 1.58 bits per heavy atom. The third-order valence-corrected chi connectivity index (χ3v) is 3.68. The van der Waals surface area contributed by atoms with Crippen LogP contribution < -0.4 is 0 Å². The molecule has 2 aromatic rings. The molecule has 0 amide bonds. The third-order valence-electron chi connectivity index (χ3n) is 3.03. The SMILES string of the molecule is Fc1ccc([C@@H]2O[C@H]2c2ccc(F)cc2Cl)c(Cl)c1. The highest BCUT2D eigenvalue weighted by Gasteiger charge is 2.43. The minimum atomic E-state index is -0.397. The zero-order chi connectivity index (χ0) is 13.6. The number of hydrogen-bond acceptors (Lipinski definition) is 1. The van der Waals surface area contributed by atoms with Crippen molar-refractivity contribution in [2.24, 2.45) is 0 Å². The quantitative estimate of drug-likeness (QED) is 0.704. The molecule has 98 valence electrons. The largest absolute Gasteiger partial charge is 0.359 e. The summed E-state index contributed by atoms with van der Waals surface area (Å²) in [5.41, 5.74) is 1.40. The Hall–Kier alpha value is -1.16. The lowest BCUT2D eigenvalue weighted by Crippen LogP contribution is -1.89. The molecule has 1 fully saturated rings. The molecule has 2 aromatic carbocycles. The van der Waals surface area contributed by atoms with Gasteiger partial charge in [0.05, 0.1) is 0 Å². The molecule has 1 heterocycles. The van der Waals surface area contributed by atoms with Crippen molar-refractivity contribution in [3.05, 3.63) is 69.2 Å². The molecule has 1 aliphatic rings. The Kier molecular flexibility index (Phi) is 3.21. The fraction of sp³-hybridized carbons (Fsp3) is 0.143. The van der Waals surface area contributed by atoms with Crippen LogP contribution in [0.5, 0.6) is 0 Å². The number of rotatable bonds is 2. The van der Waals surface area contributed by atoms with Gasteiger partial charge in [-0.15, -0.1) is 0 Å². The van der Waals surface area contributed by atoms with Crippen molar-refractivity contribution in [1.82, 2.24) is 0 Å². The van der Waals surface area contributed by atoms with Crippen LogP contribution in [0, 0.1) is 11.6 Å². The summed E-state index contributed by atoms with van der Waals surface area (Å²) in [5, 5.41) is 0.622. The van der Waals surface area contributed by atoms with Crippen molar-refractivity contribution in [2.75, 3.05) is 0 Å². The van der Waals surface area contributed by atoms with Gasteiger partial charge in [-0.05, 0) is 24.3 Å². The summed E-state index contributed by atoms with van der Waals surface area (Å²) in [6.45, 7) is 0. The molecule has 1 aliphatic heterocycles. The maximum atomic E-state index is 13.0. The highest BCUT2D eigenvalue weighted by atomic mass is 35.5. The molecule has 0 aliphatic carbocycles. The van der Waals surface area contributed by atoms with Gasteiger partial charge in [0.2, 0.25) is 0 Å². The highest BCUT2D eigenvalue weighted by Crippen LogP contribution is 2.54. The zero-order valence-electron chi connectivity index (χ0n) is 9.54. The van der Waals surface area contributed by atoms with E-state index in [1.165, 1.54) is 24.3 Å². The molecule has 1 saturated heterocycles. The zero-order valence-corrected chi connectivity index (χ0v) is 11.1. The summed E-state index contributed by atoms with van der Waals surface area (Å²) >= 11 is 11.9. The van der Waals surface area contributed by atoms with Gasteiger partial charge in [0.1, 0.15) is 23.8 Å². The van der Waals surface area contributed by atoms with Crippen LogP contribution in [0.1, 0.15) is 23.3 Å². The summed E-state index contributed by atoms with van der Waals surface area (Å²) in [6.07, 6.45) is -0.535. The lowest BCUT2D eigenvalue weighted by Gasteiger charge is -2.02. The second kappa shape index (κ2) is 4.75. The van der Waals surface area contributed by atoms with Crippen LogP contribution in [0.25, 0.3) is 0 Å². The van der Waals surface area contributed by atoms with E-state index in [9.17, 15) is 8.78 Å². The van der Waals surface area contributed by atoms with Gasteiger partial charge >= 0.3 is 0 Å². The van der Waals surface area contributed by atoms with E-state index in [-0.39, 0.29) is 12.2 Å². The third kappa shape index (κ3) is 2.46. The molecular weight excluding hydrogens is 293 g/mol. The lowest BCUT2D eigenvalue weighted by atomic mass is 10.0. The van der Waals surface area contributed by atoms with E-state index in [2.05, 4.69) is 0 Å². The Labute approximate surface area is 118 Å². The van der Waals surface area contributed by atoms with Crippen LogP contribution in [-0.4, -0.2) is 0 Å². The van der Waals surface area contributed by atoms with E-state index in [0.717, 1.165) is 0 Å². The second-order valence-corrected chi connectivity index (χ2v) is 5.12. The van der Waals surface area contributed by atoms with Gasteiger partial charge in [-0.1, -0.05) is 35.3 Å². The molecule has 3 rings (SSSR count). The first-order valence-corrected chi connectivity index (χ1v) is 6.37. The molecule has 2 atom stereocenters. The molecule has 0 bridgehead atoms. The monoisotopic (exact) mass is 300 g/mol. The van der Waals surface area contributed by atoms with Crippen LogP contribution in [-0.2, 0) is 4.74 Å². The molecule has 0 unspecified atom stereocenters. The summed E-state index contributed by atoms with van der Waals surface area (Å²) in [6, 6.07) is 8.29. The van der Waals surface area contributed by atoms with Crippen molar-refractivity contribution in [2.45, 2.75) is 12.2 Å². The van der Waals surface area contributed by atoms with Gasteiger partial charge in [-0.2, -0.15) is 0 Å². The van der Waals surface area contributed by atoms with E-state index in [1.807, 2.05) is 0 Å². The number of ether oxygens (including phenoxy) is 1. The summed E-state index contributed by atoms with van der Waals surface area (Å²) in [5.74, 6) is -0.795. The average Bonchev–Trinajstić information content (AvgIpc) is 3.08. The Balaban J connectivity index is 1.88. The average molecular weight is 301 g/mol. The summed E-state index contributed by atoms with van der Waals surface area (Å²) in [4.78, 5) is 0. The number of benzene rings is 2. The number of halogens is 4. The first kappa shape index (κ1) is 12.9. The van der Waals surface area contributed by atoms with Crippen LogP contribution >= 0.6 is 23.2 Å². The number of epoxide rings is 1. The first-order chi connectivity index (χ1) is 9.06. The highest BCUT2D eigenvalue weighted by molar-refractivity contribution is 6.32. The fourth-order valence-electron chi connectivity index (χ4n) is 2.05. The normalized spacial score (nSPS) is 21.5. The predicted molar refractivity (Wildman–Crippen MR) is 69.4 cm³/mol. The lowest BCUT2D eigenvalue weighted by molar-refractivity contribution is 0.377. The van der Waals surface area contributed by atoms with Crippen LogP contribution in [0.3, 0.4) is 0 Å². The fourth-order valence-corrected chi connectivity index (χ4v) is 2.60. The van der Waals surface area contributed by atoms with E-state index in [4.69, 9.17) is 27.9 Å². The molecule has 0 spiro atoms. The smallest absolute Gasteiger partial charge is 0.124 e. The van der Waals surface area contributed by atoms with Crippen LogP contribution in [0.4, 0.5) is 8.78 Å². The molecule has 5 heteroatoms. The molecule has 0 saturated carbocycles. The standard InChI is InChI=1S/C14H8Cl2F2O/c15-11-5-7(17)1-3-9(11)13-14(19-13)10-4-2-8(18)6-12(10)16/h1-6,13-14H/t13-,14-/m0/s1. The molecule has 0 aromatic heterocycles. The summed E-state index contributed by atoms with van der Waals surface area (Å²) < 4.78 is 31.5. The topological polar surface area (TPSA) is 12.5 Å². The van der Waals surface area contributed by atoms with E-state index in [1.54, 1.807) is 12.1 Å². The van der Waals surface area contributed by atoms with E-state index < -0.39 is 11.6 Å². The maximum absolute atomic E-state index is 13.0. The van der Waals surface area contributed by atoms with E-state index in [0.29, 0.717) is 21.2 Å². The van der Waals surface area contributed by atoms with Gasteiger partial charge in [0.25, 0.3) is 0 Å². The van der Waals surface area contributed by atoms with Crippen LogP contribution in [0.15, 0.2) is 36.4 Å². The molecular formula is C14H8Cl2F2O. The van der Waals surface area contributed by atoms with Gasteiger partial charge in [0.15, 0.2) is 0 Å². The Bertz CT molecular complexity index is 590. The van der Waals surface area contributed by atoms with E-state index >= 15 is 0 Å².